The molecule has 1 amide bonds. The van der Waals surface area contributed by atoms with Crippen molar-refractivity contribution in [3.8, 4) is 5.75 Å². The minimum atomic E-state index is -1.47. The first-order chi connectivity index (χ1) is 10.5. The fourth-order valence-corrected chi connectivity index (χ4v) is 2.06. The highest BCUT2D eigenvalue weighted by Crippen LogP contribution is 2.14. The largest absolute Gasteiger partial charge is 0.497 e. The zero-order valence-corrected chi connectivity index (χ0v) is 13.0. The number of carbonyl (C=O) groups is 2. The molecule has 22 heavy (non-hydrogen) atoms. The van der Waals surface area contributed by atoms with Gasteiger partial charge in [-0.25, -0.2) is 4.79 Å². The third kappa shape index (κ3) is 5.73. The molecule has 0 aliphatic carbocycles. The Labute approximate surface area is 130 Å². The quantitative estimate of drug-likeness (QED) is 0.713. The topological polar surface area (TPSA) is 87.1 Å². The monoisotopic (exact) mass is 309 g/mol. The van der Waals surface area contributed by atoms with E-state index in [1.54, 1.807) is 31.4 Å². The van der Waals surface area contributed by atoms with Crippen LogP contribution in [0.2, 0.25) is 0 Å². The molecular formula is C16H23NO5. The molecule has 6 nitrogen and oxygen atoms in total. The standard InChI is InChI=1S/C16H23NO5/c1-3-13(18)5-4-10-17(15(19)16(20)21)11-12-6-8-14(22-2)9-7-12/h6-9,13,18H,3-5,10-11H2,1-2H3,(H,20,21). The first-order valence-electron chi connectivity index (χ1n) is 7.31. The van der Waals surface area contributed by atoms with E-state index < -0.39 is 18.0 Å². The van der Waals surface area contributed by atoms with E-state index >= 15 is 0 Å². The first kappa shape index (κ1) is 18.0. The summed E-state index contributed by atoms with van der Waals surface area (Å²) in [5.74, 6) is -1.70. The van der Waals surface area contributed by atoms with Crippen LogP contribution < -0.4 is 4.74 Å². The molecule has 0 bridgehead atoms. The van der Waals surface area contributed by atoms with Crippen molar-refractivity contribution in [2.75, 3.05) is 13.7 Å². The number of aliphatic carboxylic acids is 1. The number of rotatable bonds is 8. The number of nitrogens with zero attached hydrogens (tertiary/aromatic N) is 1. The Morgan fingerprint density at radius 2 is 1.91 bits per heavy atom. The highest BCUT2D eigenvalue weighted by Gasteiger charge is 2.21. The lowest BCUT2D eigenvalue weighted by Gasteiger charge is -2.21. The normalized spacial score (nSPS) is 11.8. The minimum absolute atomic E-state index is 0.220. The smallest absolute Gasteiger partial charge is 0.394 e. The summed E-state index contributed by atoms with van der Waals surface area (Å²) in [6.45, 7) is 2.40. The molecule has 122 valence electrons. The van der Waals surface area contributed by atoms with Crippen LogP contribution in [0.1, 0.15) is 31.7 Å². The molecule has 1 aromatic rings. The molecule has 1 unspecified atom stereocenters. The molecule has 1 rings (SSSR count). The Balaban J connectivity index is 2.68. The van der Waals surface area contributed by atoms with Crippen molar-refractivity contribution in [2.45, 2.75) is 38.8 Å². The number of hydrogen-bond acceptors (Lipinski definition) is 4. The first-order valence-corrected chi connectivity index (χ1v) is 7.31. The zero-order valence-electron chi connectivity index (χ0n) is 13.0. The summed E-state index contributed by atoms with van der Waals surface area (Å²) in [5.41, 5.74) is 0.825. The van der Waals surface area contributed by atoms with E-state index in [-0.39, 0.29) is 6.54 Å². The van der Waals surface area contributed by atoms with E-state index in [1.807, 2.05) is 6.92 Å². The van der Waals surface area contributed by atoms with Gasteiger partial charge in [0.15, 0.2) is 0 Å². The number of aliphatic hydroxyl groups excluding tert-OH is 1. The Morgan fingerprint density at radius 3 is 2.41 bits per heavy atom. The van der Waals surface area contributed by atoms with Crippen molar-refractivity contribution in [1.29, 1.82) is 0 Å². The van der Waals surface area contributed by atoms with Crippen LogP contribution in [0, 0.1) is 0 Å². The van der Waals surface area contributed by atoms with Crippen LogP contribution in [-0.4, -0.2) is 46.7 Å². The second kappa shape index (κ2) is 9.04. The maximum Gasteiger partial charge on any atom is 0.394 e. The Bertz CT molecular complexity index is 486. The van der Waals surface area contributed by atoms with Gasteiger partial charge in [0.25, 0.3) is 0 Å². The average molecular weight is 309 g/mol. The van der Waals surface area contributed by atoms with Crippen molar-refractivity contribution in [1.82, 2.24) is 4.90 Å². The van der Waals surface area contributed by atoms with Gasteiger partial charge in [-0.3, -0.25) is 4.79 Å². The van der Waals surface area contributed by atoms with Gasteiger partial charge in [-0.05, 0) is 37.0 Å². The number of carboxylic acids is 1. The van der Waals surface area contributed by atoms with Crippen molar-refractivity contribution < 1.29 is 24.5 Å². The van der Waals surface area contributed by atoms with Gasteiger partial charge in [0, 0.05) is 13.1 Å². The van der Waals surface area contributed by atoms with Crippen LogP contribution in [0.15, 0.2) is 24.3 Å². The lowest BCUT2D eigenvalue weighted by Crippen LogP contribution is -2.37. The lowest BCUT2D eigenvalue weighted by molar-refractivity contribution is -0.156. The zero-order chi connectivity index (χ0) is 16.5. The second-order valence-corrected chi connectivity index (χ2v) is 5.08. The van der Waals surface area contributed by atoms with Gasteiger partial charge >= 0.3 is 11.9 Å². The molecular weight excluding hydrogens is 286 g/mol. The van der Waals surface area contributed by atoms with E-state index in [2.05, 4.69) is 0 Å². The third-order valence-corrected chi connectivity index (χ3v) is 3.44. The number of ether oxygens (including phenoxy) is 1. The van der Waals surface area contributed by atoms with Gasteiger partial charge in [0.05, 0.1) is 13.2 Å². The van der Waals surface area contributed by atoms with Crippen molar-refractivity contribution in [3.63, 3.8) is 0 Å². The highest BCUT2D eigenvalue weighted by molar-refractivity contribution is 6.31. The van der Waals surface area contributed by atoms with Gasteiger partial charge in [0.1, 0.15) is 5.75 Å². The van der Waals surface area contributed by atoms with Crippen molar-refractivity contribution in [3.05, 3.63) is 29.8 Å². The molecule has 1 aromatic carbocycles. The van der Waals surface area contributed by atoms with Crippen LogP contribution in [0.4, 0.5) is 0 Å². The molecule has 6 heteroatoms. The molecule has 0 fully saturated rings. The Morgan fingerprint density at radius 1 is 1.27 bits per heavy atom. The van der Waals surface area contributed by atoms with E-state index in [0.29, 0.717) is 31.6 Å². The van der Waals surface area contributed by atoms with Gasteiger partial charge in [-0.15, -0.1) is 0 Å². The third-order valence-electron chi connectivity index (χ3n) is 3.44. The molecule has 0 aromatic heterocycles. The predicted octanol–water partition coefficient (Wildman–Crippen LogP) is 1.66. The summed E-state index contributed by atoms with van der Waals surface area (Å²) < 4.78 is 5.06. The van der Waals surface area contributed by atoms with Crippen LogP contribution in [0.25, 0.3) is 0 Å². The molecule has 0 aliphatic heterocycles. The molecule has 0 saturated heterocycles. The van der Waals surface area contributed by atoms with E-state index in [4.69, 9.17) is 9.84 Å². The summed E-state index contributed by atoms with van der Waals surface area (Å²) in [7, 11) is 1.56. The van der Waals surface area contributed by atoms with Crippen molar-refractivity contribution in [2.24, 2.45) is 0 Å². The van der Waals surface area contributed by atoms with Gasteiger partial charge in [0.2, 0.25) is 0 Å². The number of benzene rings is 1. The highest BCUT2D eigenvalue weighted by atomic mass is 16.5. The van der Waals surface area contributed by atoms with E-state index in [0.717, 1.165) is 5.56 Å². The fourth-order valence-electron chi connectivity index (χ4n) is 2.06. The van der Waals surface area contributed by atoms with Gasteiger partial charge in [-0.1, -0.05) is 19.1 Å². The molecule has 0 spiro atoms. The summed E-state index contributed by atoms with van der Waals surface area (Å²) in [4.78, 5) is 24.0. The summed E-state index contributed by atoms with van der Waals surface area (Å²) in [6.07, 6.45) is 1.33. The molecule has 0 heterocycles. The lowest BCUT2D eigenvalue weighted by atomic mass is 10.1. The SMILES string of the molecule is CCC(O)CCCN(Cc1ccc(OC)cc1)C(=O)C(=O)O. The van der Waals surface area contributed by atoms with Crippen LogP contribution in [-0.2, 0) is 16.1 Å². The predicted molar refractivity (Wildman–Crippen MR) is 81.6 cm³/mol. The van der Waals surface area contributed by atoms with E-state index in [1.165, 1.54) is 4.90 Å². The number of carbonyl (C=O) groups excluding carboxylic acids is 1. The second-order valence-electron chi connectivity index (χ2n) is 5.08. The van der Waals surface area contributed by atoms with Gasteiger partial charge < -0.3 is 19.8 Å². The fraction of sp³-hybridized carbons (Fsp3) is 0.500. The maximum absolute atomic E-state index is 11.8. The minimum Gasteiger partial charge on any atom is -0.497 e. The Kier molecular flexibility index (Phi) is 7.39. The number of aliphatic hydroxyl groups is 1. The Hall–Kier alpha value is -2.08. The molecule has 0 saturated carbocycles. The number of hydrogen-bond donors (Lipinski definition) is 2. The molecule has 0 aliphatic rings. The number of amides is 1. The number of carboxylic acid groups (broad SMARTS) is 1. The van der Waals surface area contributed by atoms with E-state index in [9.17, 15) is 14.7 Å². The summed E-state index contributed by atoms with van der Waals surface area (Å²) in [5, 5.41) is 18.4. The molecule has 2 N–H and O–H groups in total. The molecule has 1 atom stereocenters. The molecule has 0 radical (unpaired) electrons. The summed E-state index contributed by atoms with van der Waals surface area (Å²) in [6, 6.07) is 7.11. The maximum atomic E-state index is 11.8. The summed E-state index contributed by atoms with van der Waals surface area (Å²) >= 11 is 0. The van der Waals surface area contributed by atoms with Crippen LogP contribution >= 0.6 is 0 Å². The van der Waals surface area contributed by atoms with Crippen LogP contribution in [0.3, 0.4) is 0 Å². The van der Waals surface area contributed by atoms with Gasteiger partial charge in [-0.2, -0.15) is 0 Å². The average Bonchev–Trinajstić information content (AvgIpc) is 2.53. The van der Waals surface area contributed by atoms with Crippen molar-refractivity contribution >= 4 is 11.9 Å². The van der Waals surface area contributed by atoms with Crippen LogP contribution in [0.5, 0.6) is 5.75 Å². The number of methoxy groups -OCH3 is 1.